The molecule has 26 heavy (non-hydrogen) atoms. The van der Waals surface area contributed by atoms with E-state index in [2.05, 4.69) is 22.9 Å². The lowest BCUT2D eigenvalue weighted by molar-refractivity contribution is 0.312. The fourth-order valence-electron chi connectivity index (χ4n) is 3.66. The van der Waals surface area contributed by atoms with E-state index in [0.717, 1.165) is 42.8 Å². The molecule has 0 unspecified atom stereocenters. The molecule has 5 rings (SSSR count). The molecule has 1 aliphatic heterocycles. The zero-order valence-electron chi connectivity index (χ0n) is 14.6. The van der Waals surface area contributed by atoms with Crippen LogP contribution in [0.4, 0.5) is 5.82 Å². The molecule has 4 aromatic rings. The van der Waals surface area contributed by atoms with E-state index in [1.807, 2.05) is 42.5 Å². The maximum absolute atomic E-state index is 13.1. The molecular formula is C20H19N5O. The fourth-order valence-corrected chi connectivity index (χ4v) is 3.66. The summed E-state index contributed by atoms with van der Waals surface area (Å²) in [4.78, 5) is 22.4. The Morgan fingerprint density at radius 2 is 1.50 bits per heavy atom. The first-order valence-electron chi connectivity index (χ1n) is 8.86. The molecule has 6 nitrogen and oxygen atoms in total. The van der Waals surface area contributed by atoms with Gasteiger partial charge in [-0.25, -0.2) is 4.98 Å². The highest BCUT2D eigenvalue weighted by Crippen LogP contribution is 2.27. The van der Waals surface area contributed by atoms with Gasteiger partial charge in [0.25, 0.3) is 5.56 Å². The van der Waals surface area contributed by atoms with Crippen molar-refractivity contribution >= 4 is 33.1 Å². The largest absolute Gasteiger partial charge is 0.352 e. The predicted octanol–water partition coefficient (Wildman–Crippen LogP) is 2.15. The molecule has 0 atom stereocenters. The summed E-state index contributed by atoms with van der Waals surface area (Å²) in [6.45, 7) is 3.77. The molecule has 2 aromatic heterocycles. The number of aromatic nitrogens is 3. The quantitative estimate of drug-likeness (QED) is 0.391. The molecule has 6 heteroatoms. The van der Waals surface area contributed by atoms with Crippen molar-refractivity contribution in [2.45, 2.75) is 0 Å². The van der Waals surface area contributed by atoms with Crippen LogP contribution in [0, 0.1) is 0 Å². The number of nitrogens with zero attached hydrogens (tertiary/aromatic N) is 5. The minimum atomic E-state index is -0.119. The number of piperazine rings is 1. The molecule has 0 amide bonds. The number of hydrogen-bond acceptors (Lipinski definition) is 5. The van der Waals surface area contributed by atoms with Crippen molar-refractivity contribution < 1.29 is 0 Å². The number of benzene rings is 2. The van der Waals surface area contributed by atoms with Gasteiger partial charge >= 0.3 is 0 Å². The molecule has 0 saturated carbocycles. The normalized spacial score (nSPS) is 16.0. The Bertz CT molecular complexity index is 1190. The lowest BCUT2D eigenvalue weighted by Crippen LogP contribution is -2.45. The fraction of sp³-hybridized carbons (Fsp3) is 0.250. The molecule has 1 saturated heterocycles. The number of rotatable bonds is 1. The molecule has 0 N–H and O–H groups in total. The van der Waals surface area contributed by atoms with Crippen LogP contribution in [0.5, 0.6) is 0 Å². The number of likely N-dealkylation sites (N-methyl/N-ethyl adjacent to an activating group) is 1. The minimum Gasteiger partial charge on any atom is -0.352 e. The van der Waals surface area contributed by atoms with Gasteiger partial charge in [0.2, 0.25) is 0 Å². The van der Waals surface area contributed by atoms with Crippen LogP contribution in [0.25, 0.3) is 27.3 Å². The van der Waals surface area contributed by atoms with Gasteiger partial charge in [-0.05, 0) is 19.2 Å². The molecule has 1 fully saturated rings. The van der Waals surface area contributed by atoms with Crippen molar-refractivity contribution in [2.75, 3.05) is 38.1 Å². The van der Waals surface area contributed by atoms with E-state index in [0.29, 0.717) is 16.6 Å². The molecule has 130 valence electrons. The molecule has 0 aliphatic carbocycles. The Hall–Kier alpha value is -2.99. The zero-order chi connectivity index (χ0) is 17.7. The van der Waals surface area contributed by atoms with E-state index >= 15 is 0 Å². The van der Waals surface area contributed by atoms with E-state index in [-0.39, 0.29) is 5.56 Å². The van der Waals surface area contributed by atoms with Crippen LogP contribution >= 0.6 is 0 Å². The molecule has 0 bridgehead atoms. The van der Waals surface area contributed by atoms with E-state index < -0.39 is 0 Å². The average Bonchev–Trinajstić information content (AvgIpc) is 2.69. The van der Waals surface area contributed by atoms with Gasteiger partial charge < -0.3 is 9.80 Å². The molecule has 0 radical (unpaired) electrons. The van der Waals surface area contributed by atoms with Gasteiger partial charge in [-0.1, -0.05) is 36.4 Å². The Morgan fingerprint density at radius 1 is 0.846 bits per heavy atom. The summed E-state index contributed by atoms with van der Waals surface area (Å²) in [6, 6.07) is 15.5. The van der Waals surface area contributed by atoms with Crippen LogP contribution in [0.1, 0.15) is 0 Å². The summed E-state index contributed by atoms with van der Waals surface area (Å²) in [5, 5.41) is 7.34. The summed E-state index contributed by atoms with van der Waals surface area (Å²) < 4.78 is 1.47. The molecule has 1 aliphatic rings. The second kappa shape index (κ2) is 5.78. The summed E-state index contributed by atoms with van der Waals surface area (Å²) in [7, 11) is 2.13. The van der Waals surface area contributed by atoms with Crippen molar-refractivity contribution in [1.82, 2.24) is 19.5 Å². The van der Waals surface area contributed by atoms with E-state index in [1.54, 1.807) is 0 Å². The topological polar surface area (TPSA) is 53.7 Å². The number of para-hydroxylation sites is 1. The maximum Gasteiger partial charge on any atom is 0.282 e. The van der Waals surface area contributed by atoms with E-state index in [9.17, 15) is 4.79 Å². The summed E-state index contributed by atoms with van der Waals surface area (Å²) >= 11 is 0. The number of hydrogen-bond donors (Lipinski definition) is 0. The zero-order valence-corrected chi connectivity index (χ0v) is 14.6. The highest BCUT2D eigenvalue weighted by molar-refractivity contribution is 6.01. The van der Waals surface area contributed by atoms with Crippen molar-refractivity contribution in [3.05, 3.63) is 58.9 Å². The highest BCUT2D eigenvalue weighted by atomic mass is 16.1. The van der Waals surface area contributed by atoms with Crippen molar-refractivity contribution in [3.8, 4) is 0 Å². The summed E-state index contributed by atoms with van der Waals surface area (Å²) in [6.07, 6.45) is 0. The van der Waals surface area contributed by atoms with E-state index in [4.69, 9.17) is 10.1 Å². The lowest BCUT2D eigenvalue weighted by atomic mass is 10.1. The Kier molecular flexibility index (Phi) is 3.39. The Morgan fingerprint density at radius 3 is 2.27 bits per heavy atom. The van der Waals surface area contributed by atoms with Gasteiger partial charge in [0, 0.05) is 37.0 Å². The standard InChI is InChI=1S/C20H19N5O/c1-23-10-12-24(13-11-23)19-15-7-3-2-6-14(15)18-21-17-9-5-4-8-16(17)20(26)25(18)22-19/h2-9H,10-13H2,1H3. The first-order chi connectivity index (χ1) is 12.7. The van der Waals surface area contributed by atoms with Crippen LogP contribution < -0.4 is 10.5 Å². The van der Waals surface area contributed by atoms with Crippen molar-refractivity contribution in [2.24, 2.45) is 0 Å². The van der Waals surface area contributed by atoms with Crippen LogP contribution in [-0.2, 0) is 0 Å². The third kappa shape index (κ3) is 2.26. The van der Waals surface area contributed by atoms with Crippen molar-refractivity contribution in [1.29, 1.82) is 0 Å². The molecule has 0 spiro atoms. The highest BCUT2D eigenvalue weighted by Gasteiger charge is 2.20. The smallest absolute Gasteiger partial charge is 0.282 e. The molecule has 3 heterocycles. The number of fused-ring (bicyclic) bond motifs is 4. The SMILES string of the molecule is CN1CCN(c2nn3c(=O)c4ccccc4nc3c3ccccc23)CC1. The van der Waals surface area contributed by atoms with Crippen LogP contribution in [0.2, 0.25) is 0 Å². The second-order valence-electron chi connectivity index (χ2n) is 6.83. The van der Waals surface area contributed by atoms with Gasteiger partial charge in [-0.15, -0.1) is 5.10 Å². The third-order valence-corrected chi connectivity index (χ3v) is 5.16. The molecular weight excluding hydrogens is 326 g/mol. The van der Waals surface area contributed by atoms with Gasteiger partial charge in [-0.3, -0.25) is 4.79 Å². The summed E-state index contributed by atoms with van der Waals surface area (Å²) in [5.41, 5.74) is 1.20. The first kappa shape index (κ1) is 15.3. The minimum absolute atomic E-state index is 0.119. The molecule has 2 aromatic carbocycles. The van der Waals surface area contributed by atoms with Crippen LogP contribution in [0.15, 0.2) is 53.3 Å². The van der Waals surface area contributed by atoms with Gasteiger partial charge in [0.15, 0.2) is 11.5 Å². The van der Waals surface area contributed by atoms with E-state index in [1.165, 1.54) is 4.52 Å². The van der Waals surface area contributed by atoms with Crippen LogP contribution in [0.3, 0.4) is 0 Å². The monoisotopic (exact) mass is 345 g/mol. The Labute approximate surface area is 150 Å². The third-order valence-electron chi connectivity index (χ3n) is 5.16. The van der Waals surface area contributed by atoms with Crippen molar-refractivity contribution in [3.63, 3.8) is 0 Å². The lowest BCUT2D eigenvalue weighted by Gasteiger charge is -2.33. The Balaban J connectivity index is 1.86. The summed E-state index contributed by atoms with van der Waals surface area (Å²) in [5.74, 6) is 0.861. The average molecular weight is 345 g/mol. The first-order valence-corrected chi connectivity index (χ1v) is 8.86. The second-order valence-corrected chi connectivity index (χ2v) is 6.83. The van der Waals surface area contributed by atoms with Gasteiger partial charge in [0.1, 0.15) is 0 Å². The van der Waals surface area contributed by atoms with Gasteiger partial charge in [0.05, 0.1) is 10.9 Å². The number of anilines is 1. The maximum atomic E-state index is 13.1. The predicted molar refractivity (Wildman–Crippen MR) is 104 cm³/mol. The van der Waals surface area contributed by atoms with Gasteiger partial charge in [-0.2, -0.15) is 4.52 Å². The van der Waals surface area contributed by atoms with Crippen LogP contribution in [-0.4, -0.2) is 52.7 Å².